The van der Waals surface area contributed by atoms with Gasteiger partial charge in [-0.25, -0.2) is 19.9 Å². The maximum atomic E-state index is 5.21. The molecule has 12 aromatic rings. The highest BCUT2D eigenvalue weighted by Gasteiger charge is 2.18. The normalized spacial score (nSPS) is 11.3. The Kier molecular flexibility index (Phi) is 9.81. The molecule has 4 heteroatoms. The first-order chi connectivity index (χ1) is 32.7. The van der Waals surface area contributed by atoms with Gasteiger partial charge in [0.1, 0.15) is 0 Å². The lowest BCUT2D eigenvalue weighted by atomic mass is 9.91. The van der Waals surface area contributed by atoms with Gasteiger partial charge in [0.05, 0.1) is 11.2 Å². The minimum absolute atomic E-state index is 0.623. The second-order valence-corrected chi connectivity index (χ2v) is 16.6. The van der Waals surface area contributed by atoms with Crippen molar-refractivity contribution < 1.29 is 0 Å². The predicted octanol–water partition coefficient (Wildman–Crippen LogP) is 16.1. The summed E-state index contributed by atoms with van der Waals surface area (Å²) in [5, 5.41) is 5.74. The third-order valence-corrected chi connectivity index (χ3v) is 12.6. The van der Waals surface area contributed by atoms with Crippen LogP contribution in [0.25, 0.3) is 122 Å². The van der Waals surface area contributed by atoms with Crippen LogP contribution in [0.5, 0.6) is 0 Å². The highest BCUT2D eigenvalue weighted by molar-refractivity contribution is 6.14. The molecule has 0 spiro atoms. The second-order valence-electron chi connectivity index (χ2n) is 16.6. The van der Waals surface area contributed by atoms with Gasteiger partial charge in [0.15, 0.2) is 17.5 Å². The number of fused-ring (bicyclic) bond motifs is 4. The Bertz CT molecular complexity index is 3600. The Morgan fingerprint density at radius 3 is 1.21 bits per heavy atom. The summed E-state index contributed by atoms with van der Waals surface area (Å²) in [6.07, 6.45) is 0. The third kappa shape index (κ3) is 7.27. The van der Waals surface area contributed by atoms with Crippen molar-refractivity contribution in [2.75, 3.05) is 0 Å². The Hall–Kier alpha value is -8.86. The maximum Gasteiger partial charge on any atom is 0.164 e. The lowest BCUT2D eigenvalue weighted by Gasteiger charge is -2.15. The summed E-state index contributed by atoms with van der Waals surface area (Å²) in [6.45, 7) is 0. The van der Waals surface area contributed by atoms with Gasteiger partial charge in [-0.2, -0.15) is 0 Å². The lowest BCUT2D eigenvalue weighted by Crippen LogP contribution is -2.01. The van der Waals surface area contributed by atoms with Crippen LogP contribution in [0.1, 0.15) is 0 Å². The first-order valence-corrected chi connectivity index (χ1v) is 22.3. The molecule has 66 heavy (non-hydrogen) atoms. The quantitative estimate of drug-likeness (QED) is 0.143. The van der Waals surface area contributed by atoms with E-state index in [0.29, 0.717) is 17.5 Å². The number of pyridine rings is 1. The fourth-order valence-corrected chi connectivity index (χ4v) is 9.21. The van der Waals surface area contributed by atoms with E-state index in [1.165, 1.54) is 10.8 Å². The van der Waals surface area contributed by atoms with Crippen molar-refractivity contribution >= 4 is 32.4 Å². The summed E-state index contributed by atoms with van der Waals surface area (Å²) in [6, 6.07) is 85.3. The summed E-state index contributed by atoms with van der Waals surface area (Å²) in [5.41, 5.74) is 15.0. The molecule has 0 saturated heterocycles. The van der Waals surface area contributed by atoms with E-state index in [9.17, 15) is 0 Å². The highest BCUT2D eigenvalue weighted by Crippen LogP contribution is 2.40. The standard InChI is InChI=1S/C62H40N4/c1-4-14-41(15-5-1)43-24-32-49(33-25-43)60-64-61(50-34-26-44(27-35-50)42-16-6-2-7-17-42)66-62(65-60)55-38-37-51(53-22-12-13-23-54(53)55)46-28-30-47(31-29-46)56-40-58(48-19-8-3-9-20-48)63-57-39-36-45-18-10-11-21-52(45)59(56)57/h1-40H. The second kappa shape index (κ2) is 16.7. The molecule has 2 heterocycles. The van der Waals surface area contributed by atoms with Crippen LogP contribution in [0.4, 0.5) is 0 Å². The summed E-state index contributed by atoms with van der Waals surface area (Å²) in [4.78, 5) is 20.7. The number of rotatable bonds is 8. The maximum absolute atomic E-state index is 5.21. The van der Waals surface area contributed by atoms with Gasteiger partial charge in [0.25, 0.3) is 0 Å². The SMILES string of the molecule is c1ccc(-c2ccc(-c3nc(-c4ccc(-c5ccccc5)cc4)nc(-c4ccc(-c5ccc(-c6cc(-c7ccccc7)nc7ccc8ccccc8c67)cc5)c5ccccc45)n3)cc2)cc1. The van der Waals surface area contributed by atoms with Gasteiger partial charge >= 0.3 is 0 Å². The highest BCUT2D eigenvalue weighted by atomic mass is 15.0. The molecule has 4 nitrogen and oxygen atoms in total. The smallest absolute Gasteiger partial charge is 0.164 e. The topological polar surface area (TPSA) is 51.6 Å². The molecule has 0 aliphatic heterocycles. The van der Waals surface area contributed by atoms with Crippen molar-refractivity contribution in [2.24, 2.45) is 0 Å². The van der Waals surface area contributed by atoms with Crippen molar-refractivity contribution in [1.29, 1.82) is 0 Å². The van der Waals surface area contributed by atoms with E-state index in [2.05, 4.69) is 224 Å². The molecule has 0 N–H and O–H groups in total. The predicted molar refractivity (Wildman–Crippen MR) is 274 cm³/mol. The van der Waals surface area contributed by atoms with Crippen molar-refractivity contribution in [3.8, 4) is 89.9 Å². The Morgan fingerprint density at radius 2 is 0.636 bits per heavy atom. The van der Waals surface area contributed by atoms with Gasteiger partial charge in [0, 0.05) is 27.6 Å². The van der Waals surface area contributed by atoms with E-state index < -0.39 is 0 Å². The Morgan fingerprint density at radius 1 is 0.227 bits per heavy atom. The third-order valence-electron chi connectivity index (χ3n) is 12.6. The molecule has 0 amide bonds. The molecule has 0 atom stereocenters. The van der Waals surface area contributed by atoms with Crippen LogP contribution in [0.3, 0.4) is 0 Å². The van der Waals surface area contributed by atoms with E-state index in [4.69, 9.17) is 19.9 Å². The van der Waals surface area contributed by atoms with Crippen LogP contribution in [-0.2, 0) is 0 Å². The van der Waals surface area contributed by atoms with Gasteiger partial charge in [-0.15, -0.1) is 0 Å². The molecule has 2 aromatic heterocycles. The molecule has 0 aliphatic carbocycles. The summed E-state index contributed by atoms with van der Waals surface area (Å²) in [5.74, 6) is 1.87. The van der Waals surface area contributed by atoms with Crippen molar-refractivity contribution in [3.05, 3.63) is 243 Å². The molecule has 308 valence electrons. The van der Waals surface area contributed by atoms with Gasteiger partial charge in [-0.1, -0.05) is 224 Å². The minimum atomic E-state index is 0.623. The van der Waals surface area contributed by atoms with Crippen LogP contribution in [0.2, 0.25) is 0 Å². The molecule has 0 radical (unpaired) electrons. The Balaban J connectivity index is 0.958. The van der Waals surface area contributed by atoms with Gasteiger partial charge in [-0.05, 0) is 84.3 Å². The fourth-order valence-electron chi connectivity index (χ4n) is 9.21. The molecule has 0 fully saturated rings. The number of hydrogen-bond acceptors (Lipinski definition) is 4. The van der Waals surface area contributed by atoms with Crippen LogP contribution >= 0.6 is 0 Å². The largest absolute Gasteiger partial charge is 0.248 e. The molecule has 0 saturated carbocycles. The number of hydrogen-bond donors (Lipinski definition) is 0. The van der Waals surface area contributed by atoms with E-state index in [-0.39, 0.29) is 0 Å². The van der Waals surface area contributed by atoms with Crippen molar-refractivity contribution in [2.45, 2.75) is 0 Å². The zero-order chi connectivity index (χ0) is 43.8. The van der Waals surface area contributed by atoms with E-state index >= 15 is 0 Å². The van der Waals surface area contributed by atoms with Gasteiger partial charge in [0.2, 0.25) is 0 Å². The van der Waals surface area contributed by atoms with Crippen LogP contribution in [0, 0.1) is 0 Å². The zero-order valence-electron chi connectivity index (χ0n) is 35.9. The van der Waals surface area contributed by atoms with Crippen molar-refractivity contribution in [1.82, 2.24) is 19.9 Å². The van der Waals surface area contributed by atoms with E-state index in [0.717, 1.165) is 94.1 Å². The van der Waals surface area contributed by atoms with E-state index in [1.807, 2.05) is 18.2 Å². The Labute approximate surface area is 383 Å². The summed E-state index contributed by atoms with van der Waals surface area (Å²) < 4.78 is 0. The first-order valence-electron chi connectivity index (χ1n) is 22.3. The van der Waals surface area contributed by atoms with Crippen LogP contribution in [-0.4, -0.2) is 19.9 Å². The number of aromatic nitrogens is 4. The average Bonchev–Trinajstić information content (AvgIpc) is 3.41. The van der Waals surface area contributed by atoms with Gasteiger partial charge < -0.3 is 0 Å². The zero-order valence-corrected chi connectivity index (χ0v) is 35.9. The molecular weight excluding hydrogens is 801 g/mol. The molecule has 0 unspecified atom stereocenters. The molecule has 0 aliphatic rings. The first kappa shape index (κ1) is 38.8. The number of nitrogens with zero attached hydrogens (tertiary/aromatic N) is 4. The van der Waals surface area contributed by atoms with E-state index in [1.54, 1.807) is 0 Å². The average molecular weight is 841 g/mol. The monoisotopic (exact) mass is 840 g/mol. The summed E-state index contributed by atoms with van der Waals surface area (Å²) in [7, 11) is 0. The lowest BCUT2D eigenvalue weighted by molar-refractivity contribution is 1.08. The van der Waals surface area contributed by atoms with Gasteiger partial charge in [-0.3, -0.25) is 0 Å². The summed E-state index contributed by atoms with van der Waals surface area (Å²) >= 11 is 0. The number of benzene rings is 10. The van der Waals surface area contributed by atoms with Crippen molar-refractivity contribution in [3.63, 3.8) is 0 Å². The molecular formula is C62H40N4. The molecule has 0 bridgehead atoms. The molecule has 10 aromatic carbocycles. The van der Waals surface area contributed by atoms with Crippen LogP contribution in [0.15, 0.2) is 243 Å². The molecule has 12 rings (SSSR count). The minimum Gasteiger partial charge on any atom is -0.248 e. The fraction of sp³-hybridized carbons (Fsp3) is 0. The van der Waals surface area contributed by atoms with Crippen LogP contribution < -0.4 is 0 Å².